The maximum absolute atomic E-state index is 9.80. The van der Waals surface area contributed by atoms with Gasteiger partial charge in [0.2, 0.25) is 5.88 Å². The zero-order valence-corrected chi connectivity index (χ0v) is 12.4. The van der Waals surface area contributed by atoms with Crippen molar-refractivity contribution in [2.75, 3.05) is 0 Å². The zero-order valence-electron chi connectivity index (χ0n) is 12.4. The van der Waals surface area contributed by atoms with Crippen LogP contribution >= 0.6 is 0 Å². The molecule has 4 nitrogen and oxygen atoms in total. The molecule has 0 unspecified atom stereocenters. The summed E-state index contributed by atoms with van der Waals surface area (Å²) in [6, 6.07) is 20.3. The third kappa shape index (κ3) is 2.55. The average Bonchev–Trinajstić information content (AvgIpc) is 3.02. The molecule has 2 heterocycles. The van der Waals surface area contributed by atoms with E-state index in [-0.39, 0.29) is 5.88 Å². The van der Waals surface area contributed by atoms with Gasteiger partial charge < -0.3 is 5.11 Å². The summed E-state index contributed by atoms with van der Waals surface area (Å²) in [5.74, 6) is 0.0851. The van der Waals surface area contributed by atoms with Crippen LogP contribution in [0.5, 0.6) is 5.88 Å². The molecule has 0 radical (unpaired) electrons. The molecule has 112 valence electrons. The quantitative estimate of drug-likeness (QED) is 0.628. The van der Waals surface area contributed by atoms with Gasteiger partial charge in [-0.3, -0.25) is 0 Å². The van der Waals surface area contributed by atoms with Crippen molar-refractivity contribution in [2.24, 2.45) is 0 Å². The van der Waals surface area contributed by atoms with Gasteiger partial charge in [0.25, 0.3) is 0 Å². The van der Waals surface area contributed by atoms with Gasteiger partial charge in [0.15, 0.2) is 5.65 Å². The van der Waals surface area contributed by atoms with Crippen LogP contribution in [0.1, 0.15) is 11.1 Å². The van der Waals surface area contributed by atoms with E-state index in [0.717, 1.165) is 17.5 Å². The molecule has 0 bridgehead atoms. The standard InChI is InChI=1S/C19H15N3O/c23-18-10-11-20-19-17(13-21-22(18)19)16-8-6-15(7-9-16)12-14-4-2-1-3-5-14/h1-11,13,23H,12H2. The van der Waals surface area contributed by atoms with Crippen molar-refractivity contribution < 1.29 is 5.11 Å². The van der Waals surface area contributed by atoms with Crippen LogP contribution in [0.2, 0.25) is 0 Å². The van der Waals surface area contributed by atoms with Crippen molar-refractivity contribution in [1.82, 2.24) is 14.6 Å². The van der Waals surface area contributed by atoms with Gasteiger partial charge in [-0.1, -0.05) is 54.6 Å². The Morgan fingerprint density at radius 3 is 2.39 bits per heavy atom. The Kier molecular flexibility index (Phi) is 3.27. The number of aromatic nitrogens is 3. The molecular formula is C19H15N3O. The predicted molar refractivity (Wildman–Crippen MR) is 89.3 cm³/mol. The molecule has 0 aliphatic carbocycles. The first-order valence-corrected chi connectivity index (χ1v) is 7.46. The van der Waals surface area contributed by atoms with Crippen LogP contribution in [0.15, 0.2) is 73.1 Å². The molecule has 4 rings (SSSR count). The Labute approximate surface area is 133 Å². The van der Waals surface area contributed by atoms with Crippen LogP contribution in [-0.4, -0.2) is 19.7 Å². The molecule has 1 N–H and O–H groups in total. The SMILES string of the molecule is Oc1ccnc2c(-c3ccc(Cc4ccccc4)cc3)cnn12. The maximum atomic E-state index is 9.80. The Balaban J connectivity index is 1.66. The highest BCUT2D eigenvalue weighted by molar-refractivity contribution is 5.77. The number of rotatable bonds is 3. The van der Waals surface area contributed by atoms with Crippen molar-refractivity contribution in [3.05, 3.63) is 84.2 Å². The second-order valence-electron chi connectivity index (χ2n) is 5.46. The van der Waals surface area contributed by atoms with Crippen molar-refractivity contribution in [3.8, 4) is 17.0 Å². The van der Waals surface area contributed by atoms with E-state index >= 15 is 0 Å². The van der Waals surface area contributed by atoms with Crippen molar-refractivity contribution in [2.45, 2.75) is 6.42 Å². The lowest BCUT2D eigenvalue weighted by Gasteiger charge is -2.04. The normalized spacial score (nSPS) is 11.0. The predicted octanol–water partition coefficient (Wildman–Crippen LogP) is 3.69. The van der Waals surface area contributed by atoms with Gasteiger partial charge in [0.1, 0.15) is 0 Å². The number of hydrogen-bond acceptors (Lipinski definition) is 3. The van der Waals surface area contributed by atoms with Crippen LogP contribution in [0.25, 0.3) is 16.8 Å². The number of hydrogen-bond donors (Lipinski definition) is 1. The summed E-state index contributed by atoms with van der Waals surface area (Å²) in [6.45, 7) is 0. The third-order valence-electron chi connectivity index (χ3n) is 3.90. The smallest absolute Gasteiger partial charge is 0.215 e. The highest BCUT2D eigenvalue weighted by Crippen LogP contribution is 2.25. The zero-order chi connectivity index (χ0) is 15.6. The minimum atomic E-state index is 0.0851. The van der Waals surface area contributed by atoms with Crippen LogP contribution < -0.4 is 0 Å². The summed E-state index contributed by atoms with van der Waals surface area (Å²) in [7, 11) is 0. The third-order valence-corrected chi connectivity index (χ3v) is 3.90. The highest BCUT2D eigenvalue weighted by Gasteiger charge is 2.10. The van der Waals surface area contributed by atoms with Gasteiger partial charge in [-0.15, -0.1) is 0 Å². The Hall–Kier alpha value is -3.14. The summed E-state index contributed by atoms with van der Waals surface area (Å²) in [5.41, 5.74) is 5.15. The summed E-state index contributed by atoms with van der Waals surface area (Å²) in [4.78, 5) is 4.31. The molecular weight excluding hydrogens is 286 g/mol. The minimum Gasteiger partial charge on any atom is -0.493 e. The monoisotopic (exact) mass is 301 g/mol. The van der Waals surface area contributed by atoms with Gasteiger partial charge in [-0.25, -0.2) is 4.98 Å². The first-order valence-electron chi connectivity index (χ1n) is 7.46. The van der Waals surface area contributed by atoms with Crippen molar-refractivity contribution in [1.29, 1.82) is 0 Å². The van der Waals surface area contributed by atoms with Gasteiger partial charge in [-0.05, 0) is 23.1 Å². The van der Waals surface area contributed by atoms with E-state index in [1.165, 1.54) is 21.7 Å². The fraction of sp³-hybridized carbons (Fsp3) is 0.0526. The largest absolute Gasteiger partial charge is 0.493 e. The number of aromatic hydroxyl groups is 1. The molecule has 0 saturated carbocycles. The minimum absolute atomic E-state index is 0.0851. The molecule has 0 atom stereocenters. The van der Waals surface area contributed by atoms with Gasteiger partial charge in [0.05, 0.1) is 6.20 Å². The molecule has 2 aromatic carbocycles. The summed E-state index contributed by atoms with van der Waals surface area (Å²) < 4.78 is 1.44. The van der Waals surface area contributed by atoms with Crippen molar-refractivity contribution >= 4 is 5.65 Å². The Morgan fingerprint density at radius 2 is 1.61 bits per heavy atom. The molecule has 2 aromatic heterocycles. The average molecular weight is 301 g/mol. The lowest BCUT2D eigenvalue weighted by Crippen LogP contribution is -1.90. The molecule has 4 heteroatoms. The molecule has 0 aliphatic rings. The number of nitrogens with zero attached hydrogens (tertiary/aromatic N) is 3. The molecule has 4 aromatic rings. The van der Waals surface area contributed by atoms with E-state index in [2.05, 4.69) is 58.6 Å². The second kappa shape index (κ2) is 5.57. The van der Waals surface area contributed by atoms with Crippen LogP contribution in [0, 0.1) is 0 Å². The Bertz CT molecular complexity index is 943. The van der Waals surface area contributed by atoms with E-state index < -0.39 is 0 Å². The maximum Gasteiger partial charge on any atom is 0.215 e. The second-order valence-corrected chi connectivity index (χ2v) is 5.46. The van der Waals surface area contributed by atoms with E-state index in [4.69, 9.17) is 0 Å². The Morgan fingerprint density at radius 1 is 0.870 bits per heavy atom. The number of fused-ring (bicyclic) bond motifs is 1. The van der Waals surface area contributed by atoms with E-state index in [1.807, 2.05) is 6.07 Å². The first-order chi connectivity index (χ1) is 11.3. The van der Waals surface area contributed by atoms with E-state index in [9.17, 15) is 5.11 Å². The molecule has 0 fully saturated rings. The van der Waals surface area contributed by atoms with E-state index in [1.54, 1.807) is 12.4 Å². The van der Waals surface area contributed by atoms with Crippen LogP contribution in [-0.2, 0) is 6.42 Å². The van der Waals surface area contributed by atoms with Gasteiger partial charge in [-0.2, -0.15) is 9.61 Å². The topological polar surface area (TPSA) is 50.4 Å². The first kappa shape index (κ1) is 13.5. The van der Waals surface area contributed by atoms with Gasteiger partial charge in [0, 0.05) is 17.8 Å². The molecule has 0 amide bonds. The van der Waals surface area contributed by atoms with Crippen LogP contribution in [0.4, 0.5) is 0 Å². The van der Waals surface area contributed by atoms with Crippen molar-refractivity contribution in [3.63, 3.8) is 0 Å². The van der Waals surface area contributed by atoms with Crippen LogP contribution in [0.3, 0.4) is 0 Å². The van der Waals surface area contributed by atoms with Gasteiger partial charge >= 0.3 is 0 Å². The lowest BCUT2D eigenvalue weighted by atomic mass is 10.0. The molecule has 23 heavy (non-hydrogen) atoms. The molecule has 0 aliphatic heterocycles. The molecule has 0 saturated heterocycles. The highest BCUT2D eigenvalue weighted by atomic mass is 16.3. The summed E-state index contributed by atoms with van der Waals surface area (Å²) >= 11 is 0. The summed E-state index contributed by atoms with van der Waals surface area (Å²) in [5, 5.41) is 14.0. The fourth-order valence-electron chi connectivity index (χ4n) is 2.72. The fourth-order valence-corrected chi connectivity index (χ4v) is 2.72. The lowest BCUT2D eigenvalue weighted by molar-refractivity contribution is 0.435. The van der Waals surface area contributed by atoms with E-state index in [0.29, 0.717) is 5.65 Å². The molecule has 0 spiro atoms. The summed E-state index contributed by atoms with van der Waals surface area (Å²) in [6.07, 6.45) is 4.22. The number of benzene rings is 2.